The smallest absolute Gasteiger partial charge is 0.408 e. The second kappa shape index (κ2) is 16.5. The minimum Gasteiger partial charge on any atom is -0.494 e. The first-order chi connectivity index (χ1) is 21.5. The van der Waals surface area contributed by atoms with Gasteiger partial charge in [0.1, 0.15) is 28.6 Å². The number of esters is 2. The first-order valence-electron chi connectivity index (χ1n) is 15.7. The summed E-state index contributed by atoms with van der Waals surface area (Å²) in [6, 6.07) is 12.3. The number of carbonyl (C=O) groups excluding carboxylic acids is 3. The molecule has 2 unspecified atom stereocenters. The van der Waals surface area contributed by atoms with Crippen molar-refractivity contribution >= 4 is 28.1 Å². The molecular formula is C35H51NO10S. The van der Waals surface area contributed by atoms with Gasteiger partial charge in [0, 0.05) is 6.42 Å². The van der Waals surface area contributed by atoms with Crippen LogP contribution in [0.25, 0.3) is 0 Å². The summed E-state index contributed by atoms with van der Waals surface area (Å²) in [6.07, 6.45) is -0.359. The van der Waals surface area contributed by atoms with Crippen LogP contribution in [0.3, 0.4) is 0 Å². The third-order valence-corrected chi connectivity index (χ3v) is 7.48. The molecule has 11 nitrogen and oxygen atoms in total. The van der Waals surface area contributed by atoms with Gasteiger partial charge in [-0.2, -0.15) is 8.42 Å². The molecule has 0 saturated heterocycles. The first kappa shape index (κ1) is 39.5. The molecule has 0 saturated carbocycles. The highest BCUT2D eigenvalue weighted by atomic mass is 32.2. The summed E-state index contributed by atoms with van der Waals surface area (Å²) < 4.78 is 52.2. The largest absolute Gasteiger partial charge is 0.494 e. The van der Waals surface area contributed by atoms with Crippen molar-refractivity contribution in [1.82, 2.24) is 5.32 Å². The lowest BCUT2D eigenvalue weighted by molar-refractivity contribution is -0.162. The quantitative estimate of drug-likeness (QED) is 0.105. The van der Waals surface area contributed by atoms with E-state index in [1.54, 1.807) is 98.7 Å². The molecule has 0 aromatic heterocycles. The monoisotopic (exact) mass is 677 g/mol. The molecule has 1 amide bonds. The van der Waals surface area contributed by atoms with Gasteiger partial charge in [-0.25, -0.2) is 9.59 Å². The van der Waals surface area contributed by atoms with Crippen molar-refractivity contribution in [3.8, 4) is 5.75 Å². The molecule has 0 aliphatic carbocycles. The minimum absolute atomic E-state index is 0.0397. The number of benzene rings is 2. The van der Waals surface area contributed by atoms with Gasteiger partial charge in [-0.05, 0) is 112 Å². The van der Waals surface area contributed by atoms with E-state index in [0.29, 0.717) is 12.2 Å². The number of amides is 1. The predicted molar refractivity (Wildman–Crippen MR) is 178 cm³/mol. The lowest BCUT2D eigenvalue weighted by Crippen LogP contribution is -2.48. The molecule has 2 aromatic rings. The van der Waals surface area contributed by atoms with Gasteiger partial charge < -0.3 is 24.3 Å². The van der Waals surface area contributed by atoms with E-state index < -0.39 is 56.9 Å². The van der Waals surface area contributed by atoms with Gasteiger partial charge in [-0.3, -0.25) is 8.98 Å². The van der Waals surface area contributed by atoms with Crippen LogP contribution >= 0.6 is 0 Å². The van der Waals surface area contributed by atoms with Crippen LogP contribution in [0.2, 0.25) is 0 Å². The summed E-state index contributed by atoms with van der Waals surface area (Å²) in [5.74, 6) is -1.50. The third kappa shape index (κ3) is 15.7. The molecule has 2 rings (SSSR count). The van der Waals surface area contributed by atoms with E-state index in [1.165, 1.54) is 12.1 Å². The molecule has 2 aromatic carbocycles. The topological polar surface area (TPSA) is 144 Å². The number of carbonyl (C=O) groups is 3. The Morgan fingerprint density at radius 1 is 0.723 bits per heavy atom. The molecule has 262 valence electrons. The van der Waals surface area contributed by atoms with Gasteiger partial charge in [0.2, 0.25) is 0 Å². The minimum atomic E-state index is -3.85. The van der Waals surface area contributed by atoms with Gasteiger partial charge in [0.05, 0.1) is 24.0 Å². The molecule has 0 aliphatic heterocycles. The first-order valence-corrected chi connectivity index (χ1v) is 17.1. The summed E-state index contributed by atoms with van der Waals surface area (Å²) in [5.41, 5.74) is -0.701. The van der Waals surface area contributed by atoms with Crippen LogP contribution in [-0.4, -0.2) is 62.5 Å². The lowest BCUT2D eigenvalue weighted by Gasteiger charge is -2.29. The molecule has 0 fully saturated rings. The molecule has 0 aliphatic rings. The fraction of sp³-hybridized carbons (Fsp3) is 0.571. The van der Waals surface area contributed by atoms with Gasteiger partial charge in [0.25, 0.3) is 10.1 Å². The fourth-order valence-electron chi connectivity index (χ4n) is 4.17. The Kier molecular flexibility index (Phi) is 13.8. The highest BCUT2D eigenvalue weighted by molar-refractivity contribution is 7.86. The number of nitrogens with one attached hydrogen (secondary N) is 1. The lowest BCUT2D eigenvalue weighted by atomic mass is 9.92. The van der Waals surface area contributed by atoms with Crippen LogP contribution < -0.4 is 10.1 Å². The molecule has 12 heteroatoms. The van der Waals surface area contributed by atoms with Crippen molar-refractivity contribution in [2.45, 2.75) is 116 Å². The molecule has 0 spiro atoms. The third-order valence-electron chi connectivity index (χ3n) is 6.15. The number of hydrogen-bond donors (Lipinski definition) is 1. The number of rotatable bonds is 14. The fourth-order valence-corrected chi connectivity index (χ4v) is 5.11. The summed E-state index contributed by atoms with van der Waals surface area (Å²) in [7, 11) is -3.85. The van der Waals surface area contributed by atoms with Crippen molar-refractivity contribution in [2.24, 2.45) is 5.92 Å². The number of aryl methyl sites for hydroxylation is 1. The Hall–Kier alpha value is -3.64. The second-order valence-electron chi connectivity index (χ2n) is 14.3. The average Bonchev–Trinajstić information content (AvgIpc) is 2.90. The molecule has 0 heterocycles. The van der Waals surface area contributed by atoms with Crippen molar-refractivity contribution in [3.05, 3.63) is 59.7 Å². The van der Waals surface area contributed by atoms with Crippen molar-refractivity contribution < 1.29 is 45.9 Å². The average molecular weight is 678 g/mol. The van der Waals surface area contributed by atoms with E-state index in [9.17, 15) is 22.8 Å². The van der Waals surface area contributed by atoms with Crippen molar-refractivity contribution in [1.29, 1.82) is 0 Å². The summed E-state index contributed by atoms with van der Waals surface area (Å²) >= 11 is 0. The van der Waals surface area contributed by atoms with Gasteiger partial charge in [-0.1, -0.05) is 29.8 Å². The van der Waals surface area contributed by atoms with Crippen molar-refractivity contribution in [2.75, 3.05) is 13.2 Å². The van der Waals surface area contributed by atoms with Crippen LogP contribution in [-0.2, 0) is 44.5 Å². The zero-order chi connectivity index (χ0) is 35.6. The molecule has 0 radical (unpaired) electrons. The van der Waals surface area contributed by atoms with E-state index in [0.717, 1.165) is 11.1 Å². The SMILES string of the molecule is Cc1ccc(S(=O)(=O)OCCCOc2ccc(CC(CC(NC(=O)OC(C)(C)C)C(=O)OC(C)(C)C)C(=O)OC(C)(C)C)cc2)cc1. The highest BCUT2D eigenvalue weighted by Gasteiger charge is 2.35. The molecular weight excluding hydrogens is 626 g/mol. The molecule has 0 bridgehead atoms. The maximum absolute atomic E-state index is 13.4. The number of hydrogen-bond acceptors (Lipinski definition) is 10. The summed E-state index contributed by atoms with van der Waals surface area (Å²) in [4.78, 5) is 39.3. The van der Waals surface area contributed by atoms with Crippen LogP contribution in [0, 0.1) is 12.8 Å². The predicted octanol–water partition coefficient (Wildman–Crippen LogP) is 6.29. The van der Waals surface area contributed by atoms with Crippen LogP contribution in [0.15, 0.2) is 53.4 Å². The Balaban J connectivity index is 2.10. The van der Waals surface area contributed by atoms with Crippen molar-refractivity contribution in [3.63, 3.8) is 0 Å². The summed E-state index contributed by atoms with van der Waals surface area (Å²) in [5, 5.41) is 2.58. The summed E-state index contributed by atoms with van der Waals surface area (Å²) in [6.45, 7) is 17.6. The van der Waals surface area contributed by atoms with Crippen LogP contribution in [0.5, 0.6) is 5.75 Å². The highest BCUT2D eigenvalue weighted by Crippen LogP contribution is 2.24. The second-order valence-corrected chi connectivity index (χ2v) is 16.0. The van der Waals surface area contributed by atoms with E-state index in [-0.39, 0.29) is 31.0 Å². The molecule has 1 N–H and O–H groups in total. The zero-order valence-corrected chi connectivity index (χ0v) is 30.1. The normalized spacial score (nSPS) is 13.7. The van der Waals surface area contributed by atoms with Gasteiger partial charge in [-0.15, -0.1) is 0 Å². The number of alkyl carbamates (subject to hydrolysis) is 1. The van der Waals surface area contributed by atoms with Gasteiger partial charge in [0.15, 0.2) is 0 Å². The zero-order valence-electron chi connectivity index (χ0n) is 29.3. The molecule has 47 heavy (non-hydrogen) atoms. The maximum Gasteiger partial charge on any atom is 0.408 e. The standard InChI is InChI=1S/C35H51NO10S/c1-24-12-18-28(19-13-24)47(40,41)43-21-11-20-42-27-16-14-25(15-17-27)22-26(30(37)44-33(2,3)4)23-29(31(38)45-34(5,6)7)36-32(39)46-35(8,9)10/h12-19,26,29H,11,20-23H2,1-10H3,(H,36,39). The Morgan fingerprint density at radius 3 is 1.79 bits per heavy atom. The van der Waals surface area contributed by atoms with Crippen LogP contribution in [0.1, 0.15) is 86.3 Å². The Labute approximate surface area is 279 Å². The Morgan fingerprint density at radius 2 is 1.26 bits per heavy atom. The van der Waals surface area contributed by atoms with Gasteiger partial charge >= 0.3 is 18.0 Å². The Bertz CT molecular complexity index is 1430. The van der Waals surface area contributed by atoms with E-state index in [4.69, 9.17) is 23.1 Å². The van der Waals surface area contributed by atoms with Crippen LogP contribution in [0.4, 0.5) is 4.79 Å². The molecule has 2 atom stereocenters. The van der Waals surface area contributed by atoms with E-state index in [2.05, 4.69) is 5.32 Å². The van der Waals surface area contributed by atoms with E-state index >= 15 is 0 Å². The van der Waals surface area contributed by atoms with E-state index in [1.807, 2.05) is 6.92 Å². The maximum atomic E-state index is 13.4. The number of ether oxygens (including phenoxy) is 4.